The topological polar surface area (TPSA) is 72.6 Å². The van der Waals surface area contributed by atoms with Gasteiger partial charge in [-0.05, 0) is 30.7 Å². The van der Waals surface area contributed by atoms with E-state index < -0.39 is 12.1 Å². The molecule has 0 aliphatic carbocycles. The van der Waals surface area contributed by atoms with Gasteiger partial charge in [-0.15, -0.1) is 0 Å². The normalized spacial score (nSPS) is 19.0. The Labute approximate surface area is 137 Å². The predicted octanol–water partition coefficient (Wildman–Crippen LogP) is 2.09. The van der Waals surface area contributed by atoms with Crippen LogP contribution < -0.4 is 5.73 Å². The molecular weight excluding hydrogens is 292 g/mol. The number of benzene rings is 1. The third-order valence-corrected chi connectivity index (χ3v) is 4.07. The number of carbonyl (C=O) groups is 2. The van der Waals surface area contributed by atoms with Crippen LogP contribution in [0.1, 0.15) is 38.7 Å². The van der Waals surface area contributed by atoms with Crippen molar-refractivity contribution in [2.45, 2.75) is 51.8 Å². The van der Waals surface area contributed by atoms with Crippen LogP contribution in [0, 0.1) is 5.92 Å². The maximum atomic E-state index is 12.5. The Kier molecular flexibility index (Phi) is 6.16. The highest BCUT2D eigenvalue weighted by Gasteiger charge is 2.37. The van der Waals surface area contributed by atoms with Crippen molar-refractivity contribution >= 4 is 11.9 Å². The molecule has 2 N–H and O–H groups in total. The first-order valence-electron chi connectivity index (χ1n) is 8.25. The third-order valence-electron chi connectivity index (χ3n) is 4.07. The fraction of sp³-hybridized carbons (Fsp3) is 0.556. The zero-order valence-electron chi connectivity index (χ0n) is 13.9. The number of hydrogen-bond donors (Lipinski definition) is 1. The van der Waals surface area contributed by atoms with E-state index in [9.17, 15) is 9.59 Å². The van der Waals surface area contributed by atoms with Gasteiger partial charge in [0.25, 0.3) is 0 Å². The van der Waals surface area contributed by atoms with Gasteiger partial charge in [0.2, 0.25) is 5.91 Å². The summed E-state index contributed by atoms with van der Waals surface area (Å²) in [5, 5.41) is 0. The molecule has 2 unspecified atom stereocenters. The van der Waals surface area contributed by atoms with Gasteiger partial charge in [-0.3, -0.25) is 4.79 Å². The molecule has 5 nitrogen and oxygen atoms in total. The minimum Gasteiger partial charge on any atom is -0.459 e. The smallest absolute Gasteiger partial charge is 0.329 e. The fourth-order valence-corrected chi connectivity index (χ4v) is 2.92. The zero-order chi connectivity index (χ0) is 16.8. The maximum absolute atomic E-state index is 12.5. The molecule has 23 heavy (non-hydrogen) atoms. The number of amides is 1. The maximum Gasteiger partial charge on any atom is 0.329 e. The summed E-state index contributed by atoms with van der Waals surface area (Å²) in [7, 11) is 0. The molecule has 0 spiro atoms. The van der Waals surface area contributed by atoms with Crippen molar-refractivity contribution in [3.8, 4) is 0 Å². The van der Waals surface area contributed by atoms with Gasteiger partial charge in [0.15, 0.2) is 0 Å². The van der Waals surface area contributed by atoms with Crippen LogP contribution in [-0.2, 0) is 20.9 Å². The number of nitrogens with zero attached hydrogens (tertiary/aromatic N) is 1. The first kappa shape index (κ1) is 17.5. The minimum atomic E-state index is -0.544. The molecule has 2 atom stereocenters. The van der Waals surface area contributed by atoms with Crippen LogP contribution in [0.3, 0.4) is 0 Å². The van der Waals surface area contributed by atoms with Crippen molar-refractivity contribution in [3.63, 3.8) is 0 Å². The average molecular weight is 318 g/mol. The summed E-state index contributed by atoms with van der Waals surface area (Å²) in [5.74, 6) is -0.130. The van der Waals surface area contributed by atoms with E-state index in [4.69, 9.17) is 10.5 Å². The summed E-state index contributed by atoms with van der Waals surface area (Å²) in [4.78, 5) is 26.4. The molecule has 0 bridgehead atoms. The number of hydrogen-bond acceptors (Lipinski definition) is 4. The van der Waals surface area contributed by atoms with Crippen LogP contribution in [0.2, 0.25) is 0 Å². The van der Waals surface area contributed by atoms with Crippen LogP contribution >= 0.6 is 0 Å². The Morgan fingerprint density at radius 2 is 2.00 bits per heavy atom. The number of carbonyl (C=O) groups excluding carboxylic acids is 2. The zero-order valence-corrected chi connectivity index (χ0v) is 13.9. The van der Waals surface area contributed by atoms with E-state index >= 15 is 0 Å². The molecule has 1 aliphatic rings. The summed E-state index contributed by atoms with van der Waals surface area (Å²) in [6.07, 6.45) is 2.08. The average Bonchev–Trinajstić information content (AvgIpc) is 3.01. The summed E-state index contributed by atoms with van der Waals surface area (Å²) in [6.45, 7) is 4.87. The van der Waals surface area contributed by atoms with Gasteiger partial charge < -0.3 is 15.4 Å². The molecule has 0 radical (unpaired) electrons. The van der Waals surface area contributed by atoms with Crippen LogP contribution in [0.4, 0.5) is 0 Å². The van der Waals surface area contributed by atoms with Crippen LogP contribution in [0.5, 0.6) is 0 Å². The monoisotopic (exact) mass is 318 g/mol. The molecule has 1 aromatic carbocycles. The second-order valence-electron chi connectivity index (χ2n) is 6.52. The molecule has 1 aromatic rings. The van der Waals surface area contributed by atoms with Crippen LogP contribution in [-0.4, -0.2) is 35.4 Å². The van der Waals surface area contributed by atoms with Gasteiger partial charge in [-0.1, -0.05) is 44.2 Å². The van der Waals surface area contributed by atoms with Crippen molar-refractivity contribution in [2.75, 3.05) is 6.54 Å². The molecule has 1 aliphatic heterocycles. The summed E-state index contributed by atoms with van der Waals surface area (Å²) in [5.41, 5.74) is 6.92. The first-order valence-corrected chi connectivity index (χ1v) is 8.25. The third kappa shape index (κ3) is 4.79. The van der Waals surface area contributed by atoms with Crippen molar-refractivity contribution in [3.05, 3.63) is 35.9 Å². The minimum absolute atomic E-state index is 0.141. The van der Waals surface area contributed by atoms with E-state index in [0.29, 0.717) is 25.3 Å². The molecule has 1 heterocycles. The fourth-order valence-electron chi connectivity index (χ4n) is 2.92. The first-order chi connectivity index (χ1) is 11.0. The highest BCUT2D eigenvalue weighted by Crippen LogP contribution is 2.21. The van der Waals surface area contributed by atoms with Crippen molar-refractivity contribution in [1.82, 2.24) is 4.90 Å². The molecule has 126 valence electrons. The lowest BCUT2D eigenvalue weighted by atomic mass is 10.0. The van der Waals surface area contributed by atoms with Gasteiger partial charge in [-0.25, -0.2) is 4.79 Å². The molecule has 1 amide bonds. The van der Waals surface area contributed by atoms with Crippen molar-refractivity contribution in [2.24, 2.45) is 11.7 Å². The van der Waals surface area contributed by atoms with Gasteiger partial charge >= 0.3 is 5.97 Å². The number of rotatable bonds is 6. The van der Waals surface area contributed by atoms with Gasteiger partial charge in [0, 0.05) is 6.54 Å². The van der Waals surface area contributed by atoms with Crippen LogP contribution in [0.15, 0.2) is 30.3 Å². The molecule has 1 fully saturated rings. The summed E-state index contributed by atoms with van der Waals surface area (Å²) >= 11 is 0. The lowest BCUT2D eigenvalue weighted by Gasteiger charge is -2.26. The Hall–Kier alpha value is -1.88. The predicted molar refractivity (Wildman–Crippen MR) is 88.4 cm³/mol. The van der Waals surface area contributed by atoms with E-state index in [1.54, 1.807) is 4.90 Å². The highest BCUT2D eigenvalue weighted by molar-refractivity contribution is 5.88. The van der Waals surface area contributed by atoms with Gasteiger partial charge in [0.05, 0.1) is 6.04 Å². The number of ether oxygens (including phenoxy) is 1. The van der Waals surface area contributed by atoms with Crippen molar-refractivity contribution < 1.29 is 14.3 Å². The second kappa shape index (κ2) is 8.11. The molecule has 5 heteroatoms. The summed E-state index contributed by atoms with van der Waals surface area (Å²) < 4.78 is 5.38. The molecule has 2 rings (SSSR count). The molecular formula is C18H26N2O3. The van der Waals surface area contributed by atoms with E-state index in [2.05, 4.69) is 0 Å². The SMILES string of the molecule is CC(C)CC(N)C(=O)N1CCCC1C(=O)OCc1ccccc1. The van der Waals surface area contributed by atoms with Crippen molar-refractivity contribution in [1.29, 1.82) is 0 Å². The number of likely N-dealkylation sites (tertiary alicyclic amines) is 1. The Morgan fingerprint density at radius 1 is 1.30 bits per heavy atom. The second-order valence-corrected chi connectivity index (χ2v) is 6.52. The lowest BCUT2D eigenvalue weighted by molar-refractivity contribution is -0.155. The highest BCUT2D eigenvalue weighted by atomic mass is 16.5. The van der Waals surface area contributed by atoms with E-state index in [1.165, 1.54) is 0 Å². The standard InChI is InChI=1S/C18H26N2O3/c1-13(2)11-15(19)17(21)20-10-6-9-16(20)18(22)23-12-14-7-4-3-5-8-14/h3-5,7-8,13,15-16H,6,9-12,19H2,1-2H3. The van der Waals surface area contributed by atoms with Gasteiger partial charge in [-0.2, -0.15) is 0 Å². The Bertz CT molecular complexity index is 530. The molecule has 0 saturated carbocycles. The van der Waals surface area contributed by atoms with E-state index in [1.807, 2.05) is 44.2 Å². The molecule has 0 aromatic heterocycles. The molecule has 1 saturated heterocycles. The Balaban J connectivity index is 1.92. The van der Waals surface area contributed by atoms with E-state index in [0.717, 1.165) is 12.0 Å². The number of esters is 1. The number of nitrogens with two attached hydrogens (primary N) is 1. The van der Waals surface area contributed by atoms with Crippen LogP contribution in [0.25, 0.3) is 0 Å². The summed E-state index contributed by atoms with van der Waals surface area (Å²) in [6, 6.07) is 8.49. The quantitative estimate of drug-likeness (QED) is 0.815. The lowest BCUT2D eigenvalue weighted by Crippen LogP contribution is -2.49. The largest absolute Gasteiger partial charge is 0.459 e. The van der Waals surface area contributed by atoms with Gasteiger partial charge in [0.1, 0.15) is 12.6 Å². The Morgan fingerprint density at radius 3 is 2.65 bits per heavy atom. The van der Waals surface area contributed by atoms with E-state index in [-0.39, 0.29) is 18.5 Å².